The van der Waals surface area contributed by atoms with Crippen LogP contribution in [0.3, 0.4) is 0 Å². The third-order valence-electron chi connectivity index (χ3n) is 4.35. The molecule has 0 fully saturated rings. The number of hydrogen-bond acceptors (Lipinski definition) is 4. The van der Waals surface area contributed by atoms with E-state index < -0.39 is 22.2 Å². The number of rotatable bonds is 4. The Hall–Kier alpha value is -1.67. The molecule has 0 radical (unpaired) electrons. The number of sulfonamides is 1. The molecule has 0 saturated heterocycles. The summed E-state index contributed by atoms with van der Waals surface area (Å²) in [4.78, 5) is 0.115. The summed E-state index contributed by atoms with van der Waals surface area (Å²) in [5.74, 6) is 0. The molecule has 1 aromatic heterocycles. The lowest BCUT2D eigenvalue weighted by Crippen LogP contribution is -2.50. The van der Waals surface area contributed by atoms with Crippen LogP contribution in [-0.4, -0.2) is 46.7 Å². The molecule has 3 rings (SSSR count). The van der Waals surface area contributed by atoms with Crippen molar-refractivity contribution in [1.82, 2.24) is 8.87 Å². The molecule has 0 bridgehead atoms. The zero-order valence-corrected chi connectivity index (χ0v) is 13.6. The Kier molecular flexibility index (Phi) is 4.29. The first-order valence-electron chi connectivity index (χ1n) is 7.46. The molecule has 2 aromatic rings. The highest BCUT2D eigenvalue weighted by atomic mass is 32.2. The van der Waals surface area contributed by atoms with Crippen LogP contribution >= 0.6 is 0 Å². The van der Waals surface area contributed by atoms with E-state index in [2.05, 4.69) is 0 Å². The second-order valence-corrected chi connectivity index (χ2v) is 7.56. The molecule has 6 nitrogen and oxygen atoms in total. The van der Waals surface area contributed by atoms with Gasteiger partial charge in [-0.3, -0.25) is 0 Å². The molecule has 2 atom stereocenters. The van der Waals surface area contributed by atoms with Gasteiger partial charge in [-0.25, -0.2) is 8.42 Å². The first-order valence-corrected chi connectivity index (χ1v) is 8.90. The van der Waals surface area contributed by atoms with Crippen LogP contribution in [0.4, 0.5) is 0 Å². The average molecular weight is 336 g/mol. The molecule has 0 amide bonds. The second kappa shape index (κ2) is 6.09. The summed E-state index contributed by atoms with van der Waals surface area (Å²) < 4.78 is 28.8. The summed E-state index contributed by atoms with van der Waals surface area (Å²) in [6, 6.07) is 9.63. The quantitative estimate of drug-likeness (QED) is 0.859. The van der Waals surface area contributed by atoms with Crippen molar-refractivity contribution in [2.24, 2.45) is 7.05 Å². The van der Waals surface area contributed by atoms with Gasteiger partial charge < -0.3 is 14.8 Å². The zero-order chi connectivity index (χ0) is 16.6. The smallest absolute Gasteiger partial charge is 0.243 e. The Balaban J connectivity index is 2.08. The van der Waals surface area contributed by atoms with E-state index in [1.807, 2.05) is 29.9 Å². The van der Waals surface area contributed by atoms with Crippen molar-refractivity contribution in [3.05, 3.63) is 53.9 Å². The van der Waals surface area contributed by atoms with Gasteiger partial charge in [0.2, 0.25) is 10.0 Å². The number of nitrogens with zero attached hydrogens (tertiary/aromatic N) is 2. The number of aliphatic hydroxyl groups excluding tert-OH is 2. The summed E-state index contributed by atoms with van der Waals surface area (Å²) in [6.45, 7) is -0.333. The summed E-state index contributed by atoms with van der Waals surface area (Å²) >= 11 is 0. The van der Waals surface area contributed by atoms with Crippen LogP contribution in [0.5, 0.6) is 0 Å². The number of fused-ring (bicyclic) bond motifs is 1. The van der Waals surface area contributed by atoms with E-state index >= 15 is 0 Å². The molecule has 1 aliphatic rings. The maximum absolute atomic E-state index is 12.9. The van der Waals surface area contributed by atoms with E-state index in [9.17, 15) is 18.6 Å². The van der Waals surface area contributed by atoms with Gasteiger partial charge in [0.1, 0.15) is 0 Å². The molecule has 1 aliphatic heterocycles. The Labute approximate surface area is 135 Å². The molecular formula is C16H20N2O4S. The predicted molar refractivity (Wildman–Crippen MR) is 85.3 cm³/mol. The van der Waals surface area contributed by atoms with Crippen molar-refractivity contribution in [2.75, 3.05) is 13.2 Å². The summed E-state index contributed by atoms with van der Waals surface area (Å²) in [6.07, 6.45) is 1.32. The Bertz CT molecular complexity index is 800. The van der Waals surface area contributed by atoms with Crippen LogP contribution in [0, 0.1) is 0 Å². The van der Waals surface area contributed by atoms with Crippen molar-refractivity contribution < 1.29 is 18.6 Å². The zero-order valence-electron chi connectivity index (χ0n) is 12.8. The number of aromatic nitrogens is 1. The molecule has 2 N–H and O–H groups in total. The van der Waals surface area contributed by atoms with Gasteiger partial charge in [-0.2, -0.15) is 4.31 Å². The SMILES string of the molecule is Cn1cccc1C[C@H]1[C@@H](O)c2ccccc2S(=O)(=O)N1CCO. The predicted octanol–water partition coefficient (Wildman–Crippen LogP) is 0.666. The van der Waals surface area contributed by atoms with Crippen LogP contribution in [0.1, 0.15) is 17.4 Å². The second-order valence-electron chi connectivity index (χ2n) is 5.70. The van der Waals surface area contributed by atoms with Crippen LogP contribution in [0.15, 0.2) is 47.5 Å². The average Bonchev–Trinajstić information content (AvgIpc) is 2.94. The van der Waals surface area contributed by atoms with Gasteiger partial charge in [-0.15, -0.1) is 0 Å². The van der Waals surface area contributed by atoms with Gasteiger partial charge in [0.05, 0.1) is 23.6 Å². The van der Waals surface area contributed by atoms with Gasteiger partial charge in [0.25, 0.3) is 0 Å². The minimum atomic E-state index is -3.74. The fourth-order valence-corrected chi connectivity index (χ4v) is 5.01. The van der Waals surface area contributed by atoms with E-state index in [1.165, 1.54) is 10.4 Å². The maximum Gasteiger partial charge on any atom is 0.243 e. The Morgan fingerprint density at radius 1 is 1.17 bits per heavy atom. The highest BCUT2D eigenvalue weighted by Gasteiger charge is 2.43. The van der Waals surface area contributed by atoms with E-state index in [0.717, 1.165) is 5.69 Å². The van der Waals surface area contributed by atoms with Crippen molar-refractivity contribution >= 4 is 10.0 Å². The van der Waals surface area contributed by atoms with Crippen LogP contribution in [-0.2, 0) is 23.5 Å². The Morgan fingerprint density at radius 3 is 2.57 bits per heavy atom. The van der Waals surface area contributed by atoms with Gasteiger partial charge in [-0.1, -0.05) is 18.2 Å². The first-order chi connectivity index (χ1) is 11.0. The summed E-state index contributed by atoms with van der Waals surface area (Å²) in [7, 11) is -1.86. The molecular weight excluding hydrogens is 316 g/mol. The van der Waals surface area contributed by atoms with Crippen LogP contribution in [0.2, 0.25) is 0 Å². The van der Waals surface area contributed by atoms with Gasteiger partial charge in [-0.05, 0) is 18.2 Å². The first kappa shape index (κ1) is 16.2. The Morgan fingerprint density at radius 2 is 1.91 bits per heavy atom. The van der Waals surface area contributed by atoms with E-state index in [4.69, 9.17) is 0 Å². The summed E-state index contributed by atoms with van der Waals surface area (Å²) in [5.41, 5.74) is 1.34. The van der Waals surface area contributed by atoms with Gasteiger partial charge in [0, 0.05) is 37.5 Å². The maximum atomic E-state index is 12.9. The normalized spacial score (nSPS) is 23.6. The fourth-order valence-electron chi connectivity index (χ4n) is 3.15. The molecule has 0 spiro atoms. The highest BCUT2D eigenvalue weighted by Crippen LogP contribution is 2.37. The van der Waals surface area contributed by atoms with Crippen molar-refractivity contribution in [3.8, 4) is 0 Å². The molecule has 0 saturated carbocycles. The monoisotopic (exact) mass is 336 g/mol. The van der Waals surface area contributed by atoms with Gasteiger partial charge in [0.15, 0.2) is 0 Å². The lowest BCUT2D eigenvalue weighted by molar-refractivity contribution is 0.0716. The minimum Gasteiger partial charge on any atom is -0.395 e. The van der Waals surface area contributed by atoms with Crippen molar-refractivity contribution in [3.63, 3.8) is 0 Å². The largest absolute Gasteiger partial charge is 0.395 e. The molecule has 23 heavy (non-hydrogen) atoms. The third kappa shape index (κ3) is 2.70. The van der Waals surface area contributed by atoms with Crippen LogP contribution in [0.25, 0.3) is 0 Å². The molecule has 0 aliphatic carbocycles. The van der Waals surface area contributed by atoms with E-state index in [-0.39, 0.29) is 18.0 Å². The topological polar surface area (TPSA) is 82.8 Å². The van der Waals surface area contributed by atoms with Crippen LogP contribution < -0.4 is 0 Å². The fraction of sp³-hybridized carbons (Fsp3) is 0.375. The molecule has 2 heterocycles. The number of aryl methyl sites for hydroxylation is 1. The minimum absolute atomic E-state index is 0.0389. The lowest BCUT2D eigenvalue weighted by atomic mass is 9.97. The van der Waals surface area contributed by atoms with Gasteiger partial charge >= 0.3 is 0 Å². The third-order valence-corrected chi connectivity index (χ3v) is 6.35. The van der Waals surface area contributed by atoms with E-state index in [0.29, 0.717) is 12.0 Å². The van der Waals surface area contributed by atoms with Crippen molar-refractivity contribution in [2.45, 2.75) is 23.5 Å². The molecule has 124 valence electrons. The van der Waals surface area contributed by atoms with Crippen molar-refractivity contribution in [1.29, 1.82) is 0 Å². The molecule has 1 aromatic carbocycles. The number of β-amino-alcohol motifs (C(OH)–C–C–N with tert-alkyl or cyclic N) is 1. The number of hydrogen-bond donors (Lipinski definition) is 2. The number of aliphatic hydroxyl groups is 2. The molecule has 7 heteroatoms. The molecule has 0 unspecified atom stereocenters. The number of benzene rings is 1. The van der Waals surface area contributed by atoms with E-state index in [1.54, 1.807) is 18.2 Å². The highest BCUT2D eigenvalue weighted by molar-refractivity contribution is 7.89. The summed E-state index contributed by atoms with van der Waals surface area (Å²) in [5, 5.41) is 20.0. The standard InChI is InChI=1S/C16H20N2O4S/c1-17-8-4-5-12(17)11-14-16(20)13-6-2-3-7-15(13)23(21,22)18(14)9-10-19/h2-8,14,16,19-20H,9-11H2,1H3/t14-,16-/m0/s1. The lowest BCUT2D eigenvalue weighted by Gasteiger charge is -2.39.